The van der Waals surface area contributed by atoms with Crippen LogP contribution in [0.5, 0.6) is 34.5 Å². The van der Waals surface area contributed by atoms with Crippen molar-refractivity contribution in [2.24, 2.45) is 0 Å². The van der Waals surface area contributed by atoms with E-state index in [0.29, 0.717) is 37.1 Å². The molecule has 0 spiro atoms. The number of phenolic OH excluding ortho intramolecular Hbond substituents is 3. The predicted octanol–water partition coefficient (Wildman–Crippen LogP) is 7.44. The number of aromatic hydroxyl groups is 3. The van der Waals surface area contributed by atoms with E-state index in [1.165, 1.54) is 18.2 Å². The zero-order valence-electron chi connectivity index (χ0n) is 28.3. The van der Waals surface area contributed by atoms with E-state index in [1.807, 2.05) is 20.8 Å². The molecule has 3 aromatic carbocycles. The highest BCUT2D eigenvalue weighted by molar-refractivity contribution is 5.74. The van der Waals surface area contributed by atoms with Gasteiger partial charge in [0.15, 0.2) is 36.3 Å². The van der Waals surface area contributed by atoms with Crippen molar-refractivity contribution in [2.75, 3.05) is 19.8 Å². The van der Waals surface area contributed by atoms with Gasteiger partial charge in [-0.15, -0.1) is 0 Å². The first-order valence-electron chi connectivity index (χ1n) is 16.2. The topological polar surface area (TPSA) is 155 Å². The van der Waals surface area contributed by atoms with Crippen LogP contribution in [0.25, 0.3) is 34.2 Å². The minimum absolute atomic E-state index is 0.0944. The highest BCUT2D eigenvalue weighted by Gasteiger charge is 2.20. The van der Waals surface area contributed by atoms with Gasteiger partial charge in [0.2, 0.25) is 0 Å². The standard InChI is InChI=1S/C36H45N3O9/c1-7-16-43-22(4)46-25-10-13-28(31(40)19-25)34-37-35(29-14-11-26(20-32(29)41)47-23(5)44-17-8-2)39-36(38-34)30-15-12-27(21-33(30)42)48-24(6)45-18-9-3/h10-15,19-24,40-42H,7-9,16-18H2,1-6H3. The zero-order chi connectivity index (χ0) is 34.6. The summed E-state index contributed by atoms with van der Waals surface area (Å²) in [5.41, 5.74) is 0.825. The van der Waals surface area contributed by atoms with Gasteiger partial charge in [-0.1, -0.05) is 20.8 Å². The molecule has 12 heteroatoms. The maximum absolute atomic E-state index is 11.1. The molecule has 0 amide bonds. The molecule has 0 aliphatic carbocycles. The van der Waals surface area contributed by atoms with Crippen LogP contribution in [-0.2, 0) is 14.2 Å². The number of nitrogens with zero attached hydrogens (tertiary/aromatic N) is 3. The highest BCUT2D eigenvalue weighted by atomic mass is 16.7. The van der Waals surface area contributed by atoms with E-state index < -0.39 is 18.9 Å². The number of aromatic nitrogens is 3. The third kappa shape index (κ3) is 9.93. The van der Waals surface area contributed by atoms with Crippen LogP contribution in [0, 0.1) is 0 Å². The van der Waals surface area contributed by atoms with Crippen molar-refractivity contribution in [2.45, 2.75) is 79.7 Å². The SMILES string of the molecule is CCCOC(C)Oc1ccc(-c2nc(-c3ccc(OC(C)OCCC)cc3O)nc(-c3ccc(OC(C)OCCC)cc3O)n2)c(O)c1. The lowest BCUT2D eigenvalue weighted by molar-refractivity contribution is -0.0666. The van der Waals surface area contributed by atoms with E-state index >= 15 is 0 Å². The Kier molecular flexibility index (Phi) is 13.2. The second-order valence-electron chi connectivity index (χ2n) is 11.0. The van der Waals surface area contributed by atoms with Crippen molar-refractivity contribution in [3.8, 4) is 68.7 Å². The van der Waals surface area contributed by atoms with Crippen molar-refractivity contribution in [1.82, 2.24) is 15.0 Å². The third-order valence-corrected chi connectivity index (χ3v) is 6.84. The average Bonchev–Trinajstić information content (AvgIpc) is 3.05. The van der Waals surface area contributed by atoms with E-state index in [1.54, 1.807) is 57.2 Å². The van der Waals surface area contributed by atoms with Gasteiger partial charge in [0, 0.05) is 18.2 Å². The first-order valence-corrected chi connectivity index (χ1v) is 16.2. The van der Waals surface area contributed by atoms with Crippen molar-refractivity contribution >= 4 is 0 Å². The molecular formula is C36H45N3O9. The summed E-state index contributed by atoms with van der Waals surface area (Å²) >= 11 is 0. The molecule has 0 saturated carbocycles. The summed E-state index contributed by atoms with van der Waals surface area (Å²) in [7, 11) is 0. The molecule has 3 unspecified atom stereocenters. The molecule has 0 radical (unpaired) electrons. The van der Waals surface area contributed by atoms with Gasteiger partial charge in [0.05, 0.1) is 36.5 Å². The Balaban J connectivity index is 1.73. The van der Waals surface area contributed by atoms with Crippen LogP contribution < -0.4 is 14.2 Å². The molecule has 12 nitrogen and oxygen atoms in total. The minimum Gasteiger partial charge on any atom is -0.507 e. The van der Waals surface area contributed by atoms with E-state index in [9.17, 15) is 15.3 Å². The summed E-state index contributed by atoms with van der Waals surface area (Å²) < 4.78 is 34.1. The van der Waals surface area contributed by atoms with Gasteiger partial charge in [0.25, 0.3) is 0 Å². The van der Waals surface area contributed by atoms with Gasteiger partial charge in [-0.25, -0.2) is 15.0 Å². The maximum atomic E-state index is 11.1. The first-order chi connectivity index (χ1) is 23.1. The van der Waals surface area contributed by atoms with Crippen LogP contribution in [0.2, 0.25) is 0 Å². The van der Waals surface area contributed by atoms with Crippen LogP contribution >= 0.6 is 0 Å². The molecule has 0 aliphatic rings. The average molecular weight is 664 g/mol. The highest BCUT2D eigenvalue weighted by Crippen LogP contribution is 2.38. The van der Waals surface area contributed by atoms with Gasteiger partial charge in [-0.3, -0.25) is 0 Å². The molecular weight excluding hydrogens is 618 g/mol. The molecule has 48 heavy (non-hydrogen) atoms. The third-order valence-electron chi connectivity index (χ3n) is 6.84. The summed E-state index contributed by atoms with van der Waals surface area (Å²) in [5.74, 6) is 1.01. The van der Waals surface area contributed by atoms with E-state index in [4.69, 9.17) is 28.4 Å². The molecule has 0 bridgehead atoms. The van der Waals surface area contributed by atoms with E-state index in [2.05, 4.69) is 15.0 Å². The Bertz CT molecular complexity index is 1430. The van der Waals surface area contributed by atoms with Crippen LogP contribution in [0.15, 0.2) is 54.6 Å². The Hall–Kier alpha value is -4.65. The van der Waals surface area contributed by atoms with Gasteiger partial charge in [-0.05, 0) is 76.4 Å². The Morgan fingerprint density at radius 1 is 0.479 bits per heavy atom. The first kappa shape index (κ1) is 36.2. The van der Waals surface area contributed by atoms with Gasteiger partial charge in [0.1, 0.15) is 34.5 Å². The molecule has 3 N–H and O–H groups in total. The molecule has 4 aromatic rings. The van der Waals surface area contributed by atoms with Gasteiger partial charge >= 0.3 is 0 Å². The van der Waals surface area contributed by atoms with Crippen LogP contribution in [0.1, 0.15) is 60.8 Å². The van der Waals surface area contributed by atoms with Crippen LogP contribution in [0.3, 0.4) is 0 Å². The molecule has 1 heterocycles. The maximum Gasteiger partial charge on any atom is 0.196 e. The lowest BCUT2D eigenvalue weighted by atomic mass is 10.1. The largest absolute Gasteiger partial charge is 0.507 e. The molecule has 4 rings (SSSR count). The van der Waals surface area contributed by atoms with Crippen molar-refractivity contribution < 1.29 is 43.7 Å². The number of benzene rings is 3. The summed E-state index contributed by atoms with van der Waals surface area (Å²) in [5, 5.41) is 33.2. The second kappa shape index (κ2) is 17.5. The summed E-state index contributed by atoms with van der Waals surface area (Å²) in [6.07, 6.45) is 0.987. The predicted molar refractivity (Wildman–Crippen MR) is 180 cm³/mol. The van der Waals surface area contributed by atoms with Gasteiger partial charge < -0.3 is 43.7 Å². The Morgan fingerprint density at radius 2 is 0.750 bits per heavy atom. The van der Waals surface area contributed by atoms with E-state index in [0.717, 1.165) is 19.3 Å². The number of ether oxygens (including phenoxy) is 6. The Labute approximate surface area is 281 Å². The number of hydrogen-bond donors (Lipinski definition) is 3. The van der Waals surface area contributed by atoms with Crippen LogP contribution in [0.4, 0.5) is 0 Å². The van der Waals surface area contributed by atoms with E-state index in [-0.39, 0.29) is 51.4 Å². The lowest BCUT2D eigenvalue weighted by Gasteiger charge is -2.17. The Morgan fingerprint density at radius 3 is 0.979 bits per heavy atom. The molecule has 1 aromatic heterocycles. The number of hydrogen-bond acceptors (Lipinski definition) is 12. The fourth-order valence-corrected chi connectivity index (χ4v) is 4.59. The molecule has 0 aliphatic heterocycles. The number of phenols is 3. The smallest absolute Gasteiger partial charge is 0.196 e. The fourth-order valence-electron chi connectivity index (χ4n) is 4.59. The summed E-state index contributed by atoms with van der Waals surface area (Å²) in [6, 6.07) is 14.2. The second-order valence-corrected chi connectivity index (χ2v) is 11.0. The zero-order valence-corrected chi connectivity index (χ0v) is 28.3. The van der Waals surface area contributed by atoms with Crippen molar-refractivity contribution in [3.63, 3.8) is 0 Å². The fraction of sp³-hybridized carbons (Fsp3) is 0.417. The molecule has 0 fully saturated rings. The molecule has 258 valence electrons. The van der Waals surface area contributed by atoms with Gasteiger partial charge in [-0.2, -0.15) is 0 Å². The van der Waals surface area contributed by atoms with Crippen molar-refractivity contribution in [1.29, 1.82) is 0 Å². The monoisotopic (exact) mass is 663 g/mol. The quantitative estimate of drug-likeness (QED) is 0.0906. The summed E-state index contributed by atoms with van der Waals surface area (Å²) in [4.78, 5) is 13.8. The lowest BCUT2D eigenvalue weighted by Crippen LogP contribution is -2.16. The van der Waals surface area contributed by atoms with Crippen molar-refractivity contribution in [3.05, 3.63) is 54.6 Å². The summed E-state index contributed by atoms with van der Waals surface area (Å²) in [6.45, 7) is 12.9. The number of rotatable bonds is 18. The normalized spacial score (nSPS) is 13.1. The van der Waals surface area contributed by atoms with Crippen LogP contribution in [-0.4, -0.2) is 69.0 Å². The molecule has 3 atom stereocenters. The minimum atomic E-state index is -0.516. The molecule has 0 saturated heterocycles.